The molecule has 0 aliphatic heterocycles. The molecule has 144 valence electrons. The van der Waals surface area contributed by atoms with Gasteiger partial charge < -0.3 is 10.2 Å². The Morgan fingerprint density at radius 1 is 1.19 bits per heavy atom. The van der Waals surface area contributed by atoms with Crippen LogP contribution < -0.4 is 5.32 Å². The number of pyridine rings is 1. The lowest BCUT2D eigenvalue weighted by Gasteiger charge is -2.30. The molecular weight excluding hydrogens is 358 g/mol. The Morgan fingerprint density at radius 3 is 2.48 bits per heavy atom. The number of hydrogen-bond donors (Lipinski definition) is 1. The number of fused-ring (bicyclic) bond motifs is 1. The quantitative estimate of drug-likeness (QED) is 0.735. The molecule has 0 unspecified atom stereocenters. The number of nitrogens with one attached hydrogen (secondary N) is 1. The average molecular weight is 386 g/mol. The van der Waals surface area contributed by atoms with E-state index < -0.39 is 0 Å². The van der Waals surface area contributed by atoms with Crippen LogP contribution in [0.4, 0.5) is 0 Å². The van der Waals surface area contributed by atoms with Crippen LogP contribution in [-0.4, -0.2) is 45.6 Å². The van der Waals surface area contributed by atoms with Crippen LogP contribution in [0.25, 0.3) is 10.9 Å². The first-order chi connectivity index (χ1) is 12.9. The predicted molar refractivity (Wildman–Crippen MR) is 110 cm³/mol. The second-order valence-corrected chi connectivity index (χ2v) is 8.55. The maximum absolute atomic E-state index is 12.7. The monoisotopic (exact) mass is 385 g/mol. The van der Waals surface area contributed by atoms with Gasteiger partial charge in [0.05, 0.1) is 21.9 Å². The van der Waals surface area contributed by atoms with E-state index in [-0.39, 0.29) is 23.9 Å². The van der Waals surface area contributed by atoms with Crippen LogP contribution in [-0.2, 0) is 4.79 Å². The Labute approximate surface area is 164 Å². The molecule has 2 aromatic rings. The van der Waals surface area contributed by atoms with E-state index in [9.17, 15) is 9.59 Å². The summed E-state index contributed by atoms with van der Waals surface area (Å²) in [6, 6.07) is 10.1. The smallest absolute Gasteiger partial charge is 0.252 e. The number of thioether (sulfide) groups is 1. The number of rotatable bonds is 7. The highest BCUT2D eigenvalue weighted by molar-refractivity contribution is 7.99. The maximum atomic E-state index is 12.7. The van der Waals surface area contributed by atoms with E-state index in [0.717, 1.165) is 23.7 Å². The Balaban J connectivity index is 1.82. The van der Waals surface area contributed by atoms with E-state index in [1.807, 2.05) is 62.9 Å². The molecule has 1 aromatic carbocycles. The van der Waals surface area contributed by atoms with Gasteiger partial charge in [-0.2, -0.15) is 0 Å². The summed E-state index contributed by atoms with van der Waals surface area (Å²) in [6.45, 7) is 8.10. The SMILES string of the molecule is CC(C)N(C(=O)CSc1cc(C(=O)NC2CC2)c2ccccc2n1)C(C)C. The van der Waals surface area contributed by atoms with E-state index in [1.54, 1.807) is 0 Å². The zero-order valence-electron chi connectivity index (χ0n) is 16.4. The summed E-state index contributed by atoms with van der Waals surface area (Å²) in [5, 5.41) is 4.60. The highest BCUT2D eigenvalue weighted by Crippen LogP contribution is 2.26. The lowest BCUT2D eigenvalue weighted by atomic mass is 10.1. The van der Waals surface area contributed by atoms with Gasteiger partial charge in [-0.05, 0) is 52.7 Å². The van der Waals surface area contributed by atoms with Gasteiger partial charge in [-0.15, -0.1) is 0 Å². The Bertz CT molecular complexity index is 838. The van der Waals surface area contributed by atoms with Gasteiger partial charge in [-0.25, -0.2) is 4.98 Å². The number of amides is 2. The van der Waals surface area contributed by atoms with E-state index in [4.69, 9.17) is 0 Å². The fraction of sp³-hybridized carbons (Fsp3) is 0.476. The van der Waals surface area contributed by atoms with Crippen LogP contribution in [0, 0.1) is 0 Å². The van der Waals surface area contributed by atoms with Gasteiger partial charge in [0.25, 0.3) is 5.91 Å². The highest BCUT2D eigenvalue weighted by atomic mass is 32.2. The van der Waals surface area contributed by atoms with Crippen molar-refractivity contribution in [2.45, 2.75) is 63.7 Å². The number of aromatic nitrogens is 1. The topological polar surface area (TPSA) is 62.3 Å². The van der Waals surface area contributed by atoms with Crippen molar-refractivity contribution in [1.82, 2.24) is 15.2 Å². The number of para-hydroxylation sites is 1. The van der Waals surface area contributed by atoms with E-state index in [2.05, 4.69) is 10.3 Å². The standard InChI is InChI=1S/C21H27N3O2S/c1-13(2)24(14(3)4)20(25)12-27-19-11-17(21(26)22-15-9-10-15)16-7-5-6-8-18(16)23-19/h5-8,11,13-15H,9-10,12H2,1-4H3,(H,22,26). The first-order valence-corrected chi connectivity index (χ1v) is 10.5. The van der Waals surface area contributed by atoms with Gasteiger partial charge in [0.1, 0.15) is 0 Å². The molecule has 0 spiro atoms. The molecule has 1 aromatic heterocycles. The summed E-state index contributed by atoms with van der Waals surface area (Å²) < 4.78 is 0. The molecule has 1 heterocycles. The van der Waals surface area contributed by atoms with Crippen molar-refractivity contribution < 1.29 is 9.59 Å². The molecule has 5 nitrogen and oxygen atoms in total. The third-order valence-electron chi connectivity index (χ3n) is 4.59. The van der Waals surface area contributed by atoms with E-state index in [1.165, 1.54) is 11.8 Å². The minimum atomic E-state index is -0.0599. The fourth-order valence-corrected chi connectivity index (χ4v) is 4.07. The second kappa shape index (κ2) is 8.30. The molecule has 6 heteroatoms. The molecule has 1 N–H and O–H groups in total. The molecule has 1 aliphatic rings. The largest absolute Gasteiger partial charge is 0.349 e. The summed E-state index contributed by atoms with van der Waals surface area (Å²) in [6.07, 6.45) is 2.09. The van der Waals surface area contributed by atoms with Crippen molar-refractivity contribution in [1.29, 1.82) is 0 Å². The van der Waals surface area contributed by atoms with Crippen molar-refractivity contribution in [2.24, 2.45) is 0 Å². The number of benzene rings is 1. The van der Waals surface area contributed by atoms with E-state index in [0.29, 0.717) is 22.4 Å². The van der Waals surface area contributed by atoms with Crippen molar-refractivity contribution in [3.05, 3.63) is 35.9 Å². The summed E-state index contributed by atoms with van der Waals surface area (Å²) >= 11 is 1.39. The second-order valence-electron chi connectivity index (χ2n) is 7.55. The summed E-state index contributed by atoms with van der Waals surface area (Å²) in [5.41, 5.74) is 1.41. The minimum Gasteiger partial charge on any atom is -0.349 e. The number of nitrogens with zero attached hydrogens (tertiary/aromatic N) is 2. The molecule has 2 amide bonds. The molecule has 0 atom stereocenters. The average Bonchev–Trinajstić information content (AvgIpc) is 3.42. The third-order valence-corrected chi connectivity index (χ3v) is 5.49. The molecule has 0 saturated heterocycles. The normalized spacial score (nSPS) is 14.0. The van der Waals surface area contributed by atoms with Crippen molar-refractivity contribution in [2.75, 3.05) is 5.75 Å². The van der Waals surface area contributed by atoms with Gasteiger partial charge in [-0.1, -0.05) is 30.0 Å². The number of hydrogen-bond acceptors (Lipinski definition) is 4. The van der Waals surface area contributed by atoms with Crippen LogP contribution >= 0.6 is 11.8 Å². The molecule has 3 rings (SSSR count). The molecule has 27 heavy (non-hydrogen) atoms. The van der Waals surface area contributed by atoms with Crippen LogP contribution in [0.5, 0.6) is 0 Å². The minimum absolute atomic E-state index is 0.0599. The lowest BCUT2D eigenvalue weighted by Crippen LogP contribution is -2.43. The summed E-state index contributed by atoms with van der Waals surface area (Å²) in [7, 11) is 0. The van der Waals surface area contributed by atoms with Gasteiger partial charge in [0, 0.05) is 23.5 Å². The number of carbonyl (C=O) groups excluding carboxylic acids is 2. The van der Waals surface area contributed by atoms with Crippen molar-refractivity contribution >= 4 is 34.5 Å². The van der Waals surface area contributed by atoms with Crippen LogP contribution in [0.2, 0.25) is 0 Å². The molecule has 1 aliphatic carbocycles. The molecular formula is C21H27N3O2S. The van der Waals surface area contributed by atoms with Gasteiger partial charge >= 0.3 is 0 Å². The van der Waals surface area contributed by atoms with Gasteiger partial charge in [0.15, 0.2) is 0 Å². The first kappa shape index (κ1) is 19.7. The maximum Gasteiger partial charge on any atom is 0.252 e. The van der Waals surface area contributed by atoms with Crippen LogP contribution in [0.1, 0.15) is 50.9 Å². The molecule has 0 radical (unpaired) electrons. The number of carbonyl (C=O) groups is 2. The first-order valence-electron chi connectivity index (χ1n) is 9.51. The zero-order valence-corrected chi connectivity index (χ0v) is 17.2. The predicted octanol–water partition coefficient (Wildman–Crippen LogP) is 3.86. The Hall–Kier alpha value is -2.08. The fourth-order valence-electron chi connectivity index (χ4n) is 3.29. The summed E-state index contributed by atoms with van der Waals surface area (Å²) in [5.74, 6) is 0.338. The van der Waals surface area contributed by atoms with Crippen molar-refractivity contribution in [3.8, 4) is 0 Å². The van der Waals surface area contributed by atoms with Gasteiger partial charge in [0.2, 0.25) is 5.91 Å². The Kier molecular flexibility index (Phi) is 6.05. The molecule has 1 saturated carbocycles. The Morgan fingerprint density at radius 2 is 1.85 bits per heavy atom. The highest BCUT2D eigenvalue weighted by Gasteiger charge is 2.25. The van der Waals surface area contributed by atoms with Crippen LogP contribution in [0.15, 0.2) is 35.4 Å². The molecule has 1 fully saturated rings. The van der Waals surface area contributed by atoms with Gasteiger partial charge in [-0.3, -0.25) is 9.59 Å². The van der Waals surface area contributed by atoms with Crippen LogP contribution in [0.3, 0.4) is 0 Å². The van der Waals surface area contributed by atoms with Crippen molar-refractivity contribution in [3.63, 3.8) is 0 Å². The lowest BCUT2D eigenvalue weighted by molar-refractivity contribution is -0.131. The van der Waals surface area contributed by atoms with E-state index >= 15 is 0 Å². The zero-order chi connectivity index (χ0) is 19.6. The third kappa shape index (κ3) is 4.80. The molecule has 0 bridgehead atoms. The summed E-state index contributed by atoms with van der Waals surface area (Å²) in [4.78, 5) is 31.8.